The summed E-state index contributed by atoms with van der Waals surface area (Å²) in [5.41, 5.74) is 0.413. The van der Waals surface area contributed by atoms with E-state index in [0.29, 0.717) is 5.69 Å². The summed E-state index contributed by atoms with van der Waals surface area (Å²) in [7, 11) is 0. The third kappa shape index (κ3) is 3.36. The molecule has 0 bridgehead atoms. The van der Waals surface area contributed by atoms with Gasteiger partial charge in [-0.2, -0.15) is 0 Å². The van der Waals surface area contributed by atoms with Gasteiger partial charge in [0.25, 0.3) is 0 Å². The number of anilines is 1. The van der Waals surface area contributed by atoms with Crippen LogP contribution in [0.2, 0.25) is 0 Å². The van der Waals surface area contributed by atoms with E-state index in [1.807, 2.05) is 49.4 Å². The van der Waals surface area contributed by atoms with Gasteiger partial charge in [-0.3, -0.25) is 19.7 Å². The molecule has 0 aliphatic carbocycles. The maximum absolute atomic E-state index is 13.4. The Morgan fingerprint density at radius 3 is 2.35 bits per heavy atom. The van der Waals surface area contributed by atoms with E-state index in [-0.39, 0.29) is 0 Å². The van der Waals surface area contributed by atoms with E-state index in [4.69, 9.17) is 0 Å². The number of aliphatic carboxylic acids is 1. The van der Waals surface area contributed by atoms with Crippen LogP contribution in [-0.2, 0) is 20.8 Å². The van der Waals surface area contributed by atoms with Crippen LogP contribution < -0.4 is 10.2 Å². The summed E-state index contributed by atoms with van der Waals surface area (Å²) in [6, 6.07) is 15.7. The molecule has 31 heavy (non-hydrogen) atoms. The third-order valence-electron chi connectivity index (χ3n) is 6.22. The van der Waals surface area contributed by atoms with Gasteiger partial charge in [-0.25, -0.2) is 4.90 Å². The number of fused-ring (bicyclic) bond motifs is 1. The van der Waals surface area contributed by atoms with Crippen LogP contribution in [0.4, 0.5) is 5.69 Å². The molecule has 160 valence electrons. The number of carboxylic acids is 1. The molecule has 7 nitrogen and oxygen atoms in total. The van der Waals surface area contributed by atoms with Crippen LogP contribution in [0, 0.1) is 11.8 Å². The predicted octanol–water partition coefficient (Wildman–Crippen LogP) is 1.86. The lowest BCUT2D eigenvalue weighted by Crippen LogP contribution is -2.59. The van der Waals surface area contributed by atoms with Crippen molar-refractivity contribution in [2.24, 2.45) is 11.8 Å². The zero-order chi connectivity index (χ0) is 22.2. The molecular formula is C24H24N2O5. The van der Waals surface area contributed by atoms with Crippen LogP contribution in [0.3, 0.4) is 0 Å². The van der Waals surface area contributed by atoms with Crippen molar-refractivity contribution in [3.63, 3.8) is 0 Å². The van der Waals surface area contributed by atoms with E-state index in [1.165, 1.54) is 0 Å². The van der Waals surface area contributed by atoms with Crippen LogP contribution >= 0.6 is 0 Å². The first-order valence-electron chi connectivity index (χ1n) is 10.2. The molecule has 2 aromatic carbocycles. The van der Waals surface area contributed by atoms with Crippen molar-refractivity contribution in [3.8, 4) is 0 Å². The highest BCUT2D eigenvalue weighted by atomic mass is 16.4. The lowest BCUT2D eigenvalue weighted by molar-refractivity contribution is -0.150. The molecule has 7 heteroatoms. The highest BCUT2D eigenvalue weighted by Crippen LogP contribution is 2.45. The number of nitrogens with zero attached hydrogens (tertiary/aromatic N) is 1. The van der Waals surface area contributed by atoms with Crippen LogP contribution in [0.1, 0.15) is 18.1 Å². The van der Waals surface area contributed by atoms with Gasteiger partial charge in [0, 0.05) is 6.04 Å². The SMILES string of the molecule is CCc1ccc(N2C(=O)C3C(C=Cc4ccccc4)NC(CO)(C(=O)O)C3C2=O)cc1. The number of aryl methyl sites for hydroxylation is 1. The highest BCUT2D eigenvalue weighted by Gasteiger charge is 2.68. The molecule has 2 aliphatic rings. The molecule has 2 heterocycles. The zero-order valence-corrected chi connectivity index (χ0v) is 17.1. The Morgan fingerprint density at radius 1 is 1.10 bits per heavy atom. The predicted molar refractivity (Wildman–Crippen MR) is 115 cm³/mol. The minimum Gasteiger partial charge on any atom is -0.480 e. The molecule has 2 aromatic rings. The van der Waals surface area contributed by atoms with E-state index >= 15 is 0 Å². The van der Waals surface area contributed by atoms with Crippen LogP contribution in [0.25, 0.3) is 6.08 Å². The average molecular weight is 420 g/mol. The normalized spacial score (nSPS) is 27.8. The molecule has 0 radical (unpaired) electrons. The molecule has 0 saturated carbocycles. The molecule has 4 atom stereocenters. The number of carbonyl (C=O) groups excluding carboxylic acids is 2. The van der Waals surface area contributed by atoms with Crippen molar-refractivity contribution in [2.75, 3.05) is 11.5 Å². The minimum absolute atomic E-state index is 0.407. The van der Waals surface area contributed by atoms with Gasteiger partial charge in [0.1, 0.15) is 0 Å². The maximum Gasteiger partial charge on any atom is 0.327 e. The first kappa shape index (κ1) is 21.0. The highest BCUT2D eigenvalue weighted by molar-refractivity contribution is 6.24. The molecule has 0 aromatic heterocycles. The van der Waals surface area contributed by atoms with E-state index in [9.17, 15) is 24.6 Å². The number of hydrogen-bond donors (Lipinski definition) is 3. The largest absolute Gasteiger partial charge is 0.480 e. The quantitative estimate of drug-likeness (QED) is 0.616. The molecule has 2 saturated heterocycles. The van der Waals surface area contributed by atoms with Crippen molar-refractivity contribution in [1.82, 2.24) is 5.32 Å². The summed E-state index contributed by atoms with van der Waals surface area (Å²) in [6.07, 6.45) is 4.29. The fourth-order valence-corrected chi connectivity index (χ4v) is 4.54. The van der Waals surface area contributed by atoms with Gasteiger partial charge in [-0.1, -0.05) is 61.5 Å². The Labute approximate surface area is 180 Å². The van der Waals surface area contributed by atoms with Gasteiger partial charge >= 0.3 is 5.97 Å². The molecule has 4 unspecified atom stereocenters. The van der Waals surface area contributed by atoms with E-state index < -0.39 is 47.8 Å². The number of aliphatic hydroxyl groups excluding tert-OH is 1. The maximum atomic E-state index is 13.4. The van der Waals surface area contributed by atoms with Crippen LogP contribution in [-0.4, -0.2) is 46.2 Å². The van der Waals surface area contributed by atoms with Crippen molar-refractivity contribution in [1.29, 1.82) is 0 Å². The Morgan fingerprint density at radius 2 is 1.77 bits per heavy atom. The number of aliphatic hydroxyl groups is 1. The number of carboxylic acid groups (broad SMARTS) is 1. The Balaban J connectivity index is 1.74. The summed E-state index contributed by atoms with van der Waals surface area (Å²) in [5, 5.41) is 22.8. The lowest BCUT2D eigenvalue weighted by Gasteiger charge is -2.28. The van der Waals surface area contributed by atoms with Gasteiger partial charge in [0.05, 0.1) is 24.1 Å². The number of amides is 2. The summed E-state index contributed by atoms with van der Waals surface area (Å²) in [5.74, 6) is -4.57. The van der Waals surface area contributed by atoms with Crippen molar-refractivity contribution in [3.05, 3.63) is 71.8 Å². The van der Waals surface area contributed by atoms with Gasteiger partial charge < -0.3 is 10.2 Å². The lowest BCUT2D eigenvalue weighted by atomic mass is 9.80. The topological polar surface area (TPSA) is 107 Å². The minimum atomic E-state index is -1.93. The van der Waals surface area contributed by atoms with Crippen LogP contribution in [0.5, 0.6) is 0 Å². The fraction of sp³-hybridized carbons (Fsp3) is 0.292. The van der Waals surface area contributed by atoms with E-state index in [1.54, 1.807) is 24.3 Å². The molecule has 2 aliphatic heterocycles. The average Bonchev–Trinajstić information content (AvgIpc) is 3.27. The Hall–Kier alpha value is -3.29. The monoisotopic (exact) mass is 420 g/mol. The first-order chi connectivity index (χ1) is 14.9. The number of rotatable bonds is 6. The molecule has 2 fully saturated rings. The molecule has 3 N–H and O–H groups in total. The summed E-state index contributed by atoms with van der Waals surface area (Å²) in [6.45, 7) is 1.20. The van der Waals surface area contributed by atoms with Crippen molar-refractivity contribution < 1.29 is 24.6 Å². The smallest absolute Gasteiger partial charge is 0.327 e. The number of imide groups is 1. The summed E-state index contributed by atoms with van der Waals surface area (Å²) in [4.78, 5) is 39.9. The van der Waals surface area contributed by atoms with E-state index in [0.717, 1.165) is 22.4 Å². The Bertz CT molecular complexity index is 1030. The number of carbonyl (C=O) groups is 3. The van der Waals surface area contributed by atoms with Crippen molar-refractivity contribution in [2.45, 2.75) is 24.9 Å². The van der Waals surface area contributed by atoms with Crippen molar-refractivity contribution >= 4 is 29.5 Å². The zero-order valence-electron chi connectivity index (χ0n) is 17.1. The number of benzene rings is 2. The second-order valence-corrected chi connectivity index (χ2v) is 7.91. The standard InChI is InChI=1S/C24H24N2O5/c1-2-15-8-11-17(12-9-15)26-21(28)19-18(13-10-16-6-4-3-5-7-16)25-24(14-27,23(30)31)20(19)22(26)29/h3-13,18-20,25,27H,2,14H2,1H3,(H,30,31). The van der Waals surface area contributed by atoms with Crippen LogP contribution in [0.15, 0.2) is 60.7 Å². The number of nitrogens with one attached hydrogen (secondary N) is 1. The van der Waals surface area contributed by atoms with E-state index in [2.05, 4.69) is 5.32 Å². The molecule has 0 spiro atoms. The van der Waals surface area contributed by atoms with Gasteiger partial charge in [-0.15, -0.1) is 0 Å². The third-order valence-corrected chi connectivity index (χ3v) is 6.22. The van der Waals surface area contributed by atoms with Gasteiger partial charge in [0.15, 0.2) is 5.54 Å². The molecule has 4 rings (SSSR count). The molecular weight excluding hydrogens is 396 g/mol. The second-order valence-electron chi connectivity index (χ2n) is 7.91. The summed E-state index contributed by atoms with van der Waals surface area (Å²) >= 11 is 0. The summed E-state index contributed by atoms with van der Waals surface area (Å²) < 4.78 is 0. The first-order valence-corrected chi connectivity index (χ1v) is 10.2. The fourth-order valence-electron chi connectivity index (χ4n) is 4.54. The van der Waals surface area contributed by atoms with Gasteiger partial charge in [0.2, 0.25) is 11.8 Å². The number of hydrogen-bond acceptors (Lipinski definition) is 5. The Kier molecular flexibility index (Phi) is 5.47. The molecule has 2 amide bonds. The van der Waals surface area contributed by atoms with Gasteiger partial charge in [-0.05, 0) is 29.7 Å². The second kappa shape index (κ2) is 8.09.